The van der Waals surface area contributed by atoms with Gasteiger partial charge >= 0.3 is 0 Å². The number of benzene rings is 1. The lowest BCUT2D eigenvalue weighted by Crippen LogP contribution is -2.63. The predicted octanol–water partition coefficient (Wildman–Crippen LogP) is 0.984. The van der Waals surface area contributed by atoms with Crippen LogP contribution in [-0.2, 0) is 21.8 Å². The molecule has 0 atom stereocenters. The number of carbonyl (C=O) groups is 1. The molecule has 0 radical (unpaired) electrons. The number of halogens is 2. The Morgan fingerprint density at radius 2 is 1.79 bits per heavy atom. The van der Waals surface area contributed by atoms with Crippen LogP contribution in [0.25, 0.3) is 0 Å². The summed E-state index contributed by atoms with van der Waals surface area (Å²) in [5, 5.41) is 2.71. The van der Waals surface area contributed by atoms with Crippen molar-refractivity contribution in [2.24, 2.45) is 7.05 Å². The predicted molar refractivity (Wildman–Crippen MR) is 115 cm³/mol. The van der Waals surface area contributed by atoms with Gasteiger partial charge in [0.25, 0.3) is 15.9 Å². The SMILES string of the molecule is Cn1cnc(S(=O)(=O)N2CCN(C3(CNC(=O)c4c(F)cccc4F)CCOCC3)CC2)c1. The molecule has 0 unspecified atom stereocenters. The van der Waals surface area contributed by atoms with Crippen molar-refractivity contribution in [1.82, 2.24) is 24.1 Å². The lowest BCUT2D eigenvalue weighted by atomic mass is 9.87. The van der Waals surface area contributed by atoms with Crippen LogP contribution in [0.4, 0.5) is 8.78 Å². The van der Waals surface area contributed by atoms with Gasteiger partial charge in [0.2, 0.25) is 0 Å². The number of hydrogen-bond donors (Lipinski definition) is 1. The molecule has 2 saturated heterocycles. The zero-order valence-corrected chi connectivity index (χ0v) is 19.2. The van der Waals surface area contributed by atoms with Crippen molar-refractivity contribution in [2.45, 2.75) is 23.4 Å². The topological polar surface area (TPSA) is 96.8 Å². The van der Waals surface area contributed by atoms with Crippen molar-refractivity contribution in [3.05, 3.63) is 47.9 Å². The van der Waals surface area contributed by atoms with Crippen molar-refractivity contribution in [2.75, 3.05) is 45.9 Å². The van der Waals surface area contributed by atoms with Gasteiger partial charge in [-0.25, -0.2) is 22.2 Å². The third-order valence-corrected chi connectivity index (χ3v) is 8.17. The molecule has 0 aliphatic carbocycles. The van der Waals surface area contributed by atoms with E-state index in [4.69, 9.17) is 4.74 Å². The Morgan fingerprint density at radius 1 is 1.15 bits per heavy atom. The van der Waals surface area contributed by atoms with Crippen LogP contribution < -0.4 is 5.32 Å². The van der Waals surface area contributed by atoms with E-state index in [1.54, 1.807) is 11.6 Å². The van der Waals surface area contributed by atoms with Gasteiger partial charge in [-0.2, -0.15) is 4.31 Å². The highest BCUT2D eigenvalue weighted by Gasteiger charge is 2.42. The Kier molecular flexibility index (Phi) is 6.80. The lowest BCUT2D eigenvalue weighted by Gasteiger charge is -2.49. The van der Waals surface area contributed by atoms with E-state index in [9.17, 15) is 22.0 Å². The minimum absolute atomic E-state index is 0.0124. The highest BCUT2D eigenvalue weighted by atomic mass is 32.2. The Balaban J connectivity index is 1.45. The highest BCUT2D eigenvalue weighted by Crippen LogP contribution is 2.30. The molecule has 1 N–H and O–H groups in total. The molecule has 0 saturated carbocycles. The van der Waals surface area contributed by atoms with Gasteiger partial charge in [-0.05, 0) is 25.0 Å². The first-order valence-electron chi connectivity index (χ1n) is 10.8. The van der Waals surface area contributed by atoms with E-state index in [2.05, 4.69) is 15.2 Å². The fraction of sp³-hybridized carbons (Fsp3) is 0.524. The summed E-state index contributed by atoms with van der Waals surface area (Å²) < 4.78 is 62.3. The minimum Gasteiger partial charge on any atom is -0.381 e. The monoisotopic (exact) mass is 483 g/mol. The third-order valence-electron chi connectivity index (χ3n) is 6.39. The van der Waals surface area contributed by atoms with Crippen LogP contribution in [0.3, 0.4) is 0 Å². The molecule has 1 aromatic heterocycles. The summed E-state index contributed by atoms with van der Waals surface area (Å²) in [7, 11) is -1.98. The second-order valence-corrected chi connectivity index (χ2v) is 10.3. The normalized spacial score (nSPS) is 20.0. The van der Waals surface area contributed by atoms with Crippen molar-refractivity contribution in [3.63, 3.8) is 0 Å². The summed E-state index contributed by atoms with van der Waals surface area (Å²) in [6.07, 6.45) is 4.14. The molecule has 0 spiro atoms. The van der Waals surface area contributed by atoms with Crippen LogP contribution in [-0.4, -0.2) is 84.6 Å². The van der Waals surface area contributed by atoms with Gasteiger partial charge in [0.15, 0.2) is 5.03 Å². The number of carbonyl (C=O) groups excluding carboxylic acids is 1. The number of imidazole rings is 1. The summed E-state index contributed by atoms with van der Waals surface area (Å²) in [6, 6.07) is 3.30. The lowest BCUT2D eigenvalue weighted by molar-refractivity contribution is -0.0385. The molecule has 12 heteroatoms. The highest BCUT2D eigenvalue weighted by molar-refractivity contribution is 7.89. The number of aromatic nitrogens is 2. The first-order valence-corrected chi connectivity index (χ1v) is 12.2. The van der Waals surface area contributed by atoms with Crippen molar-refractivity contribution < 1.29 is 26.7 Å². The third kappa shape index (κ3) is 4.79. The number of piperazine rings is 1. The average molecular weight is 484 g/mol. The maximum absolute atomic E-state index is 14.0. The van der Waals surface area contributed by atoms with Crippen LogP contribution in [0.1, 0.15) is 23.2 Å². The van der Waals surface area contributed by atoms with Crippen LogP contribution >= 0.6 is 0 Å². The van der Waals surface area contributed by atoms with Crippen molar-refractivity contribution in [3.8, 4) is 0 Å². The number of sulfonamides is 1. The summed E-state index contributed by atoms with van der Waals surface area (Å²) in [5.74, 6) is -2.64. The summed E-state index contributed by atoms with van der Waals surface area (Å²) in [4.78, 5) is 18.7. The number of hydrogen-bond acceptors (Lipinski definition) is 6. The molecule has 4 rings (SSSR count). The fourth-order valence-corrected chi connectivity index (χ4v) is 5.85. The molecular weight excluding hydrogens is 456 g/mol. The molecule has 9 nitrogen and oxygen atoms in total. The molecule has 3 heterocycles. The molecule has 2 fully saturated rings. The van der Waals surface area contributed by atoms with Crippen LogP contribution in [0.15, 0.2) is 35.7 Å². The molecule has 0 bridgehead atoms. The second kappa shape index (κ2) is 9.45. The number of nitrogens with zero attached hydrogens (tertiary/aromatic N) is 4. The van der Waals surface area contributed by atoms with E-state index in [1.807, 2.05) is 0 Å². The van der Waals surface area contributed by atoms with E-state index in [0.29, 0.717) is 39.1 Å². The van der Waals surface area contributed by atoms with E-state index in [-0.39, 0.29) is 24.7 Å². The quantitative estimate of drug-likeness (QED) is 0.658. The number of rotatable bonds is 6. The number of ether oxygens (including phenoxy) is 1. The summed E-state index contributed by atoms with van der Waals surface area (Å²) in [6.45, 7) is 2.60. The van der Waals surface area contributed by atoms with Crippen LogP contribution in [0, 0.1) is 11.6 Å². The molecule has 2 aromatic rings. The summed E-state index contributed by atoms with van der Waals surface area (Å²) in [5.41, 5.74) is -1.10. The Morgan fingerprint density at radius 3 is 2.36 bits per heavy atom. The number of amides is 1. The Hall–Kier alpha value is -2.41. The maximum atomic E-state index is 14.0. The van der Waals surface area contributed by atoms with Gasteiger partial charge in [-0.3, -0.25) is 9.69 Å². The molecule has 1 aromatic carbocycles. The van der Waals surface area contributed by atoms with Gasteiger partial charge in [0, 0.05) is 64.7 Å². The zero-order chi connectivity index (χ0) is 23.6. The Bertz CT molecular complexity index is 1090. The van der Waals surface area contributed by atoms with Crippen LogP contribution in [0.2, 0.25) is 0 Å². The average Bonchev–Trinajstić information content (AvgIpc) is 3.25. The van der Waals surface area contributed by atoms with Gasteiger partial charge in [-0.15, -0.1) is 0 Å². The van der Waals surface area contributed by atoms with Gasteiger partial charge in [-0.1, -0.05) is 6.07 Å². The minimum atomic E-state index is -3.69. The maximum Gasteiger partial charge on any atom is 0.262 e. The van der Waals surface area contributed by atoms with Gasteiger partial charge < -0.3 is 14.6 Å². The Labute approximate surface area is 191 Å². The standard InChI is InChI=1S/C21H27F2N5O4S/c1-26-13-18(25-15-26)33(30,31)28-9-7-27(8-10-28)21(5-11-32-12-6-21)14-24-20(29)19-16(22)3-2-4-17(19)23/h2-4,13,15H,5-12,14H2,1H3,(H,24,29). The second-order valence-electron chi connectivity index (χ2n) is 8.38. The van der Waals surface area contributed by atoms with Gasteiger partial charge in [0.1, 0.15) is 17.2 Å². The molecule has 2 aliphatic rings. The van der Waals surface area contributed by atoms with E-state index in [1.165, 1.54) is 22.9 Å². The molecule has 1 amide bonds. The first-order chi connectivity index (χ1) is 15.7. The fourth-order valence-electron chi connectivity index (χ4n) is 4.46. The number of nitrogens with one attached hydrogen (secondary N) is 1. The number of aryl methyl sites for hydroxylation is 1. The van der Waals surface area contributed by atoms with E-state index in [0.717, 1.165) is 12.1 Å². The van der Waals surface area contributed by atoms with Gasteiger partial charge in [0.05, 0.1) is 6.33 Å². The van der Waals surface area contributed by atoms with E-state index >= 15 is 0 Å². The van der Waals surface area contributed by atoms with Crippen LogP contribution in [0.5, 0.6) is 0 Å². The largest absolute Gasteiger partial charge is 0.381 e. The first kappa shape index (κ1) is 23.7. The summed E-state index contributed by atoms with van der Waals surface area (Å²) >= 11 is 0. The smallest absolute Gasteiger partial charge is 0.262 e. The van der Waals surface area contributed by atoms with Crippen molar-refractivity contribution in [1.29, 1.82) is 0 Å². The van der Waals surface area contributed by atoms with Crippen molar-refractivity contribution >= 4 is 15.9 Å². The molecule has 2 aliphatic heterocycles. The zero-order valence-electron chi connectivity index (χ0n) is 18.3. The molecule has 180 valence electrons. The van der Waals surface area contributed by atoms with E-state index < -0.39 is 38.7 Å². The molecular formula is C21H27F2N5O4S. The molecule has 33 heavy (non-hydrogen) atoms.